The van der Waals surface area contributed by atoms with Crippen molar-refractivity contribution in [1.29, 1.82) is 0 Å². The number of hydrogen-bond donors (Lipinski definition) is 2. The van der Waals surface area contributed by atoms with E-state index in [0.29, 0.717) is 5.13 Å². The van der Waals surface area contributed by atoms with Crippen LogP contribution in [-0.4, -0.2) is 32.1 Å². The zero-order valence-electron chi connectivity index (χ0n) is 10.9. The number of carbonyl (C=O) groups is 2. The van der Waals surface area contributed by atoms with Gasteiger partial charge in [-0.3, -0.25) is 4.98 Å². The average Bonchev–Trinajstić information content (AvgIpc) is 3.15. The van der Waals surface area contributed by atoms with Crippen molar-refractivity contribution < 1.29 is 19.8 Å². The molecule has 0 saturated heterocycles. The van der Waals surface area contributed by atoms with Crippen molar-refractivity contribution in [3.05, 3.63) is 52.3 Å². The summed E-state index contributed by atoms with van der Waals surface area (Å²) in [5.74, 6) is -2.09. The van der Waals surface area contributed by atoms with Gasteiger partial charge in [-0.1, -0.05) is 29.2 Å². The van der Waals surface area contributed by atoms with Crippen LogP contribution < -0.4 is 4.90 Å². The Morgan fingerprint density at radius 3 is 2.64 bits per heavy atom. The van der Waals surface area contributed by atoms with E-state index in [2.05, 4.69) is 9.97 Å². The van der Waals surface area contributed by atoms with Crippen molar-refractivity contribution in [3.63, 3.8) is 0 Å². The third-order valence-electron chi connectivity index (χ3n) is 2.85. The van der Waals surface area contributed by atoms with Gasteiger partial charge in [0.15, 0.2) is 5.13 Å². The summed E-state index contributed by atoms with van der Waals surface area (Å²) < 4.78 is 0. The Morgan fingerprint density at radius 1 is 1.23 bits per heavy atom. The van der Waals surface area contributed by atoms with Crippen LogP contribution in [0.4, 0.5) is 5.13 Å². The number of hydrogen-bond acceptors (Lipinski definition) is 7. The second kappa shape index (κ2) is 5.78. The Morgan fingerprint density at radius 2 is 2.05 bits per heavy atom. The SMILES string of the molecule is O=C(O)C1=CN(c2ncc(C(=O)O)s2)C(c2cccnc2)S1. The molecule has 2 aromatic heterocycles. The van der Waals surface area contributed by atoms with Gasteiger partial charge in [-0.2, -0.15) is 0 Å². The standard InChI is InChI=1S/C13H9N3O4S2/c17-11(18)8-5-15-13(22-8)16-6-9(12(19)20)21-10(16)7-2-1-3-14-4-7/h1-6,10H,(H,17,18)(H,19,20). The third kappa shape index (κ3) is 2.68. The van der Waals surface area contributed by atoms with Crippen LogP contribution in [0.5, 0.6) is 0 Å². The maximum absolute atomic E-state index is 11.2. The molecule has 7 nitrogen and oxygen atoms in total. The van der Waals surface area contributed by atoms with Gasteiger partial charge >= 0.3 is 11.9 Å². The van der Waals surface area contributed by atoms with Gasteiger partial charge in [0.1, 0.15) is 15.2 Å². The van der Waals surface area contributed by atoms with E-state index in [1.165, 1.54) is 12.4 Å². The number of pyridine rings is 1. The molecule has 1 aliphatic rings. The number of carboxylic acid groups (broad SMARTS) is 2. The molecular weight excluding hydrogens is 326 g/mol. The molecular formula is C13H9N3O4S2. The smallest absolute Gasteiger partial charge is 0.347 e. The van der Waals surface area contributed by atoms with Crippen molar-refractivity contribution >= 4 is 40.2 Å². The summed E-state index contributed by atoms with van der Waals surface area (Å²) in [6, 6.07) is 3.60. The van der Waals surface area contributed by atoms with E-state index in [0.717, 1.165) is 28.7 Å². The number of aromatic nitrogens is 2. The maximum Gasteiger partial charge on any atom is 0.347 e. The van der Waals surface area contributed by atoms with Crippen LogP contribution in [0, 0.1) is 0 Å². The summed E-state index contributed by atoms with van der Waals surface area (Å²) >= 11 is 2.15. The molecule has 0 fully saturated rings. The third-order valence-corrected chi connectivity index (χ3v) is 5.11. The first-order chi connectivity index (χ1) is 10.6. The Bertz CT molecular complexity index is 760. The first kappa shape index (κ1) is 14.5. The highest BCUT2D eigenvalue weighted by Crippen LogP contribution is 2.46. The Hall–Kier alpha value is -2.39. The number of anilines is 1. The van der Waals surface area contributed by atoms with E-state index in [4.69, 9.17) is 5.11 Å². The lowest BCUT2D eigenvalue weighted by molar-refractivity contribution is -0.131. The molecule has 0 spiro atoms. The van der Waals surface area contributed by atoms with Crippen LogP contribution in [-0.2, 0) is 4.79 Å². The number of thiazole rings is 1. The Labute approximate surface area is 132 Å². The van der Waals surface area contributed by atoms with Crippen LogP contribution in [0.3, 0.4) is 0 Å². The van der Waals surface area contributed by atoms with Crippen LogP contribution in [0.15, 0.2) is 41.8 Å². The fourth-order valence-corrected chi connectivity index (χ4v) is 3.79. The number of nitrogens with zero attached hydrogens (tertiary/aromatic N) is 3. The van der Waals surface area contributed by atoms with Crippen LogP contribution >= 0.6 is 23.1 Å². The topological polar surface area (TPSA) is 104 Å². The van der Waals surface area contributed by atoms with Crippen molar-refractivity contribution in [1.82, 2.24) is 9.97 Å². The molecule has 3 rings (SSSR count). The average molecular weight is 335 g/mol. The summed E-state index contributed by atoms with van der Waals surface area (Å²) in [5, 5.41) is 18.3. The van der Waals surface area contributed by atoms with Crippen LogP contribution in [0.1, 0.15) is 20.6 Å². The van der Waals surface area contributed by atoms with Gasteiger partial charge in [0.25, 0.3) is 0 Å². The Kier molecular flexibility index (Phi) is 3.82. The molecule has 0 aromatic carbocycles. The van der Waals surface area contributed by atoms with Crippen molar-refractivity contribution in [3.8, 4) is 0 Å². The summed E-state index contributed by atoms with van der Waals surface area (Å²) in [7, 11) is 0. The Balaban J connectivity index is 1.99. The summed E-state index contributed by atoms with van der Waals surface area (Å²) in [6.45, 7) is 0. The molecule has 1 unspecified atom stereocenters. The van der Waals surface area contributed by atoms with E-state index < -0.39 is 11.9 Å². The zero-order chi connectivity index (χ0) is 15.7. The first-order valence-corrected chi connectivity index (χ1v) is 7.75. The molecule has 0 aliphatic carbocycles. The molecule has 22 heavy (non-hydrogen) atoms. The lowest BCUT2D eigenvalue weighted by atomic mass is 10.3. The van der Waals surface area contributed by atoms with E-state index in [-0.39, 0.29) is 15.2 Å². The summed E-state index contributed by atoms with van der Waals surface area (Å²) in [4.78, 5) is 32.2. The molecule has 1 atom stereocenters. The lowest BCUT2D eigenvalue weighted by Crippen LogP contribution is -2.16. The predicted octanol–water partition coefficient (Wildman–Crippen LogP) is 2.41. The number of thioether (sulfide) groups is 1. The summed E-state index contributed by atoms with van der Waals surface area (Å²) in [5.41, 5.74) is 0.812. The second-order valence-electron chi connectivity index (χ2n) is 4.27. The number of rotatable bonds is 4. The highest BCUT2D eigenvalue weighted by molar-refractivity contribution is 8.04. The quantitative estimate of drug-likeness (QED) is 0.878. The monoisotopic (exact) mass is 335 g/mol. The fraction of sp³-hybridized carbons (Fsp3) is 0.0769. The van der Waals surface area contributed by atoms with Crippen molar-refractivity contribution in [2.75, 3.05) is 4.90 Å². The molecule has 3 heterocycles. The van der Waals surface area contributed by atoms with Crippen LogP contribution in [0.2, 0.25) is 0 Å². The molecule has 1 aliphatic heterocycles. The van der Waals surface area contributed by atoms with Gasteiger partial charge in [-0.25, -0.2) is 14.6 Å². The van der Waals surface area contributed by atoms with Crippen molar-refractivity contribution in [2.45, 2.75) is 5.37 Å². The minimum atomic E-state index is -1.06. The second-order valence-corrected chi connectivity index (χ2v) is 6.41. The van der Waals surface area contributed by atoms with E-state index in [1.807, 2.05) is 6.07 Å². The highest BCUT2D eigenvalue weighted by atomic mass is 32.2. The van der Waals surface area contributed by atoms with Gasteiger partial charge in [-0.05, 0) is 6.07 Å². The normalized spacial score (nSPS) is 17.4. The van der Waals surface area contributed by atoms with Gasteiger partial charge in [0.05, 0.1) is 6.20 Å². The molecule has 9 heteroatoms. The molecule has 2 N–H and O–H groups in total. The minimum Gasteiger partial charge on any atom is -0.477 e. The largest absolute Gasteiger partial charge is 0.477 e. The highest BCUT2D eigenvalue weighted by Gasteiger charge is 2.33. The minimum absolute atomic E-state index is 0.0992. The molecule has 0 saturated carbocycles. The van der Waals surface area contributed by atoms with Gasteiger partial charge in [0, 0.05) is 24.2 Å². The predicted molar refractivity (Wildman–Crippen MR) is 81.8 cm³/mol. The molecule has 0 amide bonds. The molecule has 0 radical (unpaired) electrons. The fourth-order valence-electron chi connectivity index (χ4n) is 1.90. The maximum atomic E-state index is 11.2. The molecule has 0 bridgehead atoms. The lowest BCUT2D eigenvalue weighted by Gasteiger charge is -2.21. The van der Waals surface area contributed by atoms with Crippen molar-refractivity contribution in [2.24, 2.45) is 0 Å². The van der Waals surface area contributed by atoms with Crippen LogP contribution in [0.25, 0.3) is 0 Å². The van der Waals surface area contributed by atoms with E-state index >= 15 is 0 Å². The first-order valence-electron chi connectivity index (χ1n) is 6.05. The molecule has 112 valence electrons. The van der Waals surface area contributed by atoms with Gasteiger partial charge in [0.2, 0.25) is 0 Å². The summed E-state index contributed by atoms with van der Waals surface area (Å²) in [6.07, 6.45) is 6.01. The van der Waals surface area contributed by atoms with E-state index in [1.54, 1.807) is 23.4 Å². The number of carboxylic acids is 2. The number of aliphatic carboxylic acids is 1. The molecule has 2 aromatic rings. The van der Waals surface area contributed by atoms with Gasteiger partial charge < -0.3 is 15.1 Å². The van der Waals surface area contributed by atoms with E-state index in [9.17, 15) is 14.7 Å². The number of aromatic carboxylic acids is 1. The zero-order valence-corrected chi connectivity index (χ0v) is 12.5. The van der Waals surface area contributed by atoms with Gasteiger partial charge in [-0.15, -0.1) is 0 Å².